The molecule has 1 aliphatic heterocycles. The van der Waals surface area contributed by atoms with E-state index in [1.54, 1.807) is 19.9 Å². The first kappa shape index (κ1) is 22.6. The van der Waals surface area contributed by atoms with Crippen molar-refractivity contribution in [2.75, 3.05) is 11.5 Å². The van der Waals surface area contributed by atoms with E-state index in [1.807, 2.05) is 78.9 Å². The van der Waals surface area contributed by atoms with Gasteiger partial charge in [0.05, 0.1) is 17.8 Å². The average molecular weight is 504 g/mol. The summed E-state index contributed by atoms with van der Waals surface area (Å²) >= 11 is 3.41. The maximum atomic E-state index is 13.5. The second kappa shape index (κ2) is 9.88. The Balaban J connectivity index is 1.73. The van der Waals surface area contributed by atoms with Gasteiger partial charge < -0.3 is 9.47 Å². The smallest absolute Gasteiger partial charge is 0.340 e. The fourth-order valence-corrected chi connectivity index (χ4v) is 3.91. The largest absolute Gasteiger partial charge is 0.462 e. The highest BCUT2D eigenvalue weighted by molar-refractivity contribution is 9.10. The predicted molar refractivity (Wildman–Crippen MR) is 132 cm³/mol. The third-order valence-electron chi connectivity index (χ3n) is 5.11. The number of nitrogens with zero attached hydrogens (tertiary/aromatic N) is 1. The minimum Gasteiger partial charge on any atom is -0.462 e. The van der Waals surface area contributed by atoms with Crippen molar-refractivity contribution in [3.63, 3.8) is 0 Å². The van der Waals surface area contributed by atoms with E-state index < -0.39 is 5.97 Å². The van der Waals surface area contributed by atoms with Crippen molar-refractivity contribution in [1.82, 2.24) is 0 Å². The molecule has 0 saturated carbocycles. The van der Waals surface area contributed by atoms with Crippen LogP contribution in [0.2, 0.25) is 0 Å². The Morgan fingerprint density at radius 3 is 2.36 bits per heavy atom. The van der Waals surface area contributed by atoms with Gasteiger partial charge in [-0.15, -0.1) is 0 Å². The van der Waals surface area contributed by atoms with Crippen LogP contribution in [0.3, 0.4) is 0 Å². The van der Waals surface area contributed by atoms with Gasteiger partial charge >= 0.3 is 5.97 Å². The van der Waals surface area contributed by atoms with Crippen LogP contribution >= 0.6 is 15.9 Å². The molecule has 1 amide bonds. The van der Waals surface area contributed by atoms with Gasteiger partial charge in [-0.25, -0.2) is 4.79 Å². The van der Waals surface area contributed by atoms with Crippen molar-refractivity contribution in [1.29, 1.82) is 0 Å². The van der Waals surface area contributed by atoms with Crippen LogP contribution in [0.25, 0.3) is 6.08 Å². The molecule has 3 aromatic rings. The maximum absolute atomic E-state index is 13.5. The lowest BCUT2D eigenvalue weighted by Crippen LogP contribution is -2.24. The zero-order valence-corrected chi connectivity index (χ0v) is 19.8. The van der Waals surface area contributed by atoms with Crippen LogP contribution in [0, 0.1) is 0 Å². The van der Waals surface area contributed by atoms with Gasteiger partial charge in [0.25, 0.3) is 5.91 Å². The quantitative estimate of drug-likeness (QED) is 0.284. The molecule has 1 aliphatic rings. The van der Waals surface area contributed by atoms with E-state index in [1.165, 1.54) is 4.90 Å². The molecule has 33 heavy (non-hydrogen) atoms. The molecule has 166 valence electrons. The van der Waals surface area contributed by atoms with E-state index >= 15 is 0 Å². The van der Waals surface area contributed by atoms with Crippen LogP contribution in [-0.2, 0) is 14.3 Å². The lowest BCUT2D eigenvalue weighted by Gasteiger charge is -2.18. The van der Waals surface area contributed by atoms with Crippen LogP contribution in [0.1, 0.15) is 19.4 Å². The van der Waals surface area contributed by atoms with E-state index in [-0.39, 0.29) is 23.7 Å². The summed E-state index contributed by atoms with van der Waals surface area (Å²) in [5.41, 5.74) is 2.49. The zero-order chi connectivity index (χ0) is 23.4. The summed E-state index contributed by atoms with van der Waals surface area (Å²) in [4.78, 5) is 27.8. The first-order valence-electron chi connectivity index (χ1n) is 10.5. The molecule has 3 aromatic carbocycles. The SMILES string of the molecule is CCOC(=O)C1=C(C)N(c2ccc(Br)cc2)C(=O)/C1=C\c1cccc(Oc2ccccc2)c1. The summed E-state index contributed by atoms with van der Waals surface area (Å²) in [5, 5.41) is 0. The van der Waals surface area contributed by atoms with Crippen molar-refractivity contribution in [2.45, 2.75) is 13.8 Å². The summed E-state index contributed by atoms with van der Waals surface area (Å²) in [6.45, 7) is 3.71. The molecule has 0 spiro atoms. The highest BCUT2D eigenvalue weighted by Crippen LogP contribution is 2.36. The highest BCUT2D eigenvalue weighted by Gasteiger charge is 2.38. The lowest BCUT2D eigenvalue weighted by atomic mass is 10.0. The molecule has 0 fully saturated rings. The number of anilines is 1. The first-order chi connectivity index (χ1) is 16.0. The number of ether oxygens (including phenoxy) is 2. The molecule has 0 N–H and O–H groups in total. The van der Waals surface area contributed by atoms with Crippen molar-refractivity contribution in [3.8, 4) is 11.5 Å². The van der Waals surface area contributed by atoms with Crippen LogP contribution in [-0.4, -0.2) is 18.5 Å². The second-order valence-electron chi connectivity index (χ2n) is 7.34. The normalized spacial score (nSPS) is 14.7. The molecule has 0 aliphatic carbocycles. The summed E-state index contributed by atoms with van der Waals surface area (Å²) < 4.78 is 12.1. The number of allylic oxidation sites excluding steroid dienone is 1. The number of hydrogen-bond donors (Lipinski definition) is 0. The van der Waals surface area contributed by atoms with Crippen LogP contribution in [0.5, 0.6) is 11.5 Å². The molecular formula is C27H22BrNO4. The first-order valence-corrected chi connectivity index (χ1v) is 11.3. The highest BCUT2D eigenvalue weighted by atomic mass is 79.9. The Kier molecular flexibility index (Phi) is 6.75. The van der Waals surface area contributed by atoms with Gasteiger partial charge in [0.2, 0.25) is 0 Å². The Bertz CT molecular complexity index is 1250. The molecular weight excluding hydrogens is 482 g/mol. The summed E-state index contributed by atoms with van der Waals surface area (Å²) in [5.74, 6) is 0.533. The van der Waals surface area contributed by atoms with E-state index in [9.17, 15) is 9.59 Å². The minimum atomic E-state index is -0.522. The molecule has 0 aromatic heterocycles. The summed E-state index contributed by atoms with van der Waals surface area (Å²) in [7, 11) is 0. The Morgan fingerprint density at radius 2 is 1.67 bits per heavy atom. The Labute approximate surface area is 201 Å². The minimum absolute atomic E-state index is 0.218. The molecule has 1 heterocycles. The standard InChI is InChI=1S/C27H22BrNO4/c1-3-32-27(31)25-18(2)29(21-14-12-20(28)13-15-21)26(30)24(25)17-19-8-7-11-23(16-19)33-22-9-5-4-6-10-22/h4-17H,3H2,1-2H3/b24-17-. The van der Waals surface area contributed by atoms with Crippen molar-refractivity contribution >= 4 is 39.6 Å². The Hall–Kier alpha value is -3.64. The number of halogens is 1. The molecule has 0 radical (unpaired) electrons. The van der Waals surface area contributed by atoms with Gasteiger partial charge in [-0.05, 0) is 74.0 Å². The lowest BCUT2D eigenvalue weighted by molar-refractivity contribution is -0.138. The van der Waals surface area contributed by atoms with Gasteiger partial charge in [0, 0.05) is 15.9 Å². The van der Waals surface area contributed by atoms with Gasteiger partial charge in [0.15, 0.2) is 0 Å². The van der Waals surface area contributed by atoms with Crippen molar-refractivity contribution in [3.05, 3.63) is 106 Å². The van der Waals surface area contributed by atoms with Crippen molar-refractivity contribution in [2.24, 2.45) is 0 Å². The van der Waals surface area contributed by atoms with E-state index in [0.29, 0.717) is 22.9 Å². The molecule has 6 heteroatoms. The number of para-hydroxylation sites is 1. The number of esters is 1. The number of benzene rings is 3. The molecule has 0 atom stereocenters. The fraction of sp³-hybridized carbons (Fsp3) is 0.111. The van der Waals surface area contributed by atoms with Gasteiger partial charge in [-0.1, -0.05) is 46.3 Å². The van der Waals surface area contributed by atoms with E-state index in [4.69, 9.17) is 9.47 Å². The average Bonchev–Trinajstić information content (AvgIpc) is 3.05. The van der Waals surface area contributed by atoms with E-state index in [0.717, 1.165) is 10.0 Å². The molecule has 0 unspecified atom stereocenters. The number of hydrogen-bond acceptors (Lipinski definition) is 4. The molecule has 5 nitrogen and oxygen atoms in total. The topological polar surface area (TPSA) is 55.8 Å². The number of rotatable bonds is 6. The third kappa shape index (κ3) is 4.91. The monoisotopic (exact) mass is 503 g/mol. The third-order valence-corrected chi connectivity index (χ3v) is 5.64. The summed E-state index contributed by atoms with van der Waals surface area (Å²) in [6.07, 6.45) is 1.70. The maximum Gasteiger partial charge on any atom is 0.340 e. The number of carbonyl (C=O) groups is 2. The van der Waals surface area contributed by atoms with Gasteiger partial charge in [-0.2, -0.15) is 0 Å². The molecule has 0 bridgehead atoms. The Morgan fingerprint density at radius 1 is 0.970 bits per heavy atom. The molecule has 0 saturated heterocycles. The predicted octanol–water partition coefficient (Wildman–Crippen LogP) is 6.51. The van der Waals surface area contributed by atoms with Crippen molar-refractivity contribution < 1.29 is 19.1 Å². The van der Waals surface area contributed by atoms with Crippen LogP contribution < -0.4 is 9.64 Å². The van der Waals surface area contributed by atoms with Gasteiger partial charge in [0.1, 0.15) is 11.5 Å². The fourth-order valence-electron chi connectivity index (χ4n) is 3.64. The van der Waals surface area contributed by atoms with Crippen LogP contribution in [0.4, 0.5) is 5.69 Å². The van der Waals surface area contributed by atoms with Gasteiger partial charge in [-0.3, -0.25) is 9.69 Å². The number of carbonyl (C=O) groups excluding carboxylic acids is 2. The van der Waals surface area contributed by atoms with Crippen LogP contribution in [0.15, 0.2) is 100 Å². The zero-order valence-electron chi connectivity index (χ0n) is 18.2. The van der Waals surface area contributed by atoms with E-state index in [2.05, 4.69) is 15.9 Å². The summed E-state index contributed by atoms with van der Waals surface area (Å²) in [6, 6.07) is 24.2. The second-order valence-corrected chi connectivity index (χ2v) is 8.26. The molecule has 4 rings (SSSR count). The number of amides is 1.